The molecule has 0 fully saturated rings. The number of carbonyl (C=O) groups excluding carboxylic acids is 1. The highest BCUT2D eigenvalue weighted by Gasteiger charge is 2.10. The standard InChI is InChI=1S/C20H24O5/c1-4-10-24-18-9-8-16(12-19(18)23-3)14-25-20(21)17-7-5-6-15(11-17)13-22-2/h5-9,11-12H,4,10,13-14H2,1-3H3. The highest BCUT2D eigenvalue weighted by Crippen LogP contribution is 2.28. The second-order valence-electron chi connectivity index (χ2n) is 5.54. The average molecular weight is 344 g/mol. The lowest BCUT2D eigenvalue weighted by molar-refractivity contribution is 0.0472. The van der Waals surface area contributed by atoms with Crippen molar-refractivity contribution in [3.05, 3.63) is 59.2 Å². The second-order valence-corrected chi connectivity index (χ2v) is 5.54. The first-order chi connectivity index (χ1) is 12.2. The molecule has 0 radical (unpaired) electrons. The highest BCUT2D eigenvalue weighted by atomic mass is 16.5. The predicted molar refractivity (Wildman–Crippen MR) is 95.1 cm³/mol. The van der Waals surface area contributed by atoms with Crippen molar-refractivity contribution in [2.75, 3.05) is 20.8 Å². The molecule has 0 heterocycles. The van der Waals surface area contributed by atoms with Crippen molar-refractivity contribution < 1.29 is 23.7 Å². The Morgan fingerprint density at radius 1 is 0.960 bits per heavy atom. The normalized spacial score (nSPS) is 10.4. The Morgan fingerprint density at radius 2 is 1.76 bits per heavy atom. The fourth-order valence-corrected chi connectivity index (χ4v) is 2.32. The summed E-state index contributed by atoms with van der Waals surface area (Å²) in [6.07, 6.45) is 0.921. The van der Waals surface area contributed by atoms with Crippen molar-refractivity contribution in [1.82, 2.24) is 0 Å². The predicted octanol–water partition coefficient (Wildman–Crippen LogP) is 3.99. The molecule has 0 bridgehead atoms. The molecule has 5 heteroatoms. The molecule has 2 rings (SSSR count). The van der Waals surface area contributed by atoms with E-state index in [4.69, 9.17) is 18.9 Å². The van der Waals surface area contributed by atoms with Gasteiger partial charge in [0.25, 0.3) is 0 Å². The Bertz CT molecular complexity index is 696. The Labute approximate surface area is 148 Å². The van der Waals surface area contributed by atoms with Gasteiger partial charge in [-0.2, -0.15) is 0 Å². The van der Waals surface area contributed by atoms with E-state index in [2.05, 4.69) is 0 Å². The third-order valence-electron chi connectivity index (χ3n) is 3.53. The average Bonchev–Trinajstić information content (AvgIpc) is 2.65. The van der Waals surface area contributed by atoms with E-state index in [1.807, 2.05) is 37.3 Å². The lowest BCUT2D eigenvalue weighted by Gasteiger charge is -2.12. The number of rotatable bonds is 9. The van der Waals surface area contributed by atoms with Gasteiger partial charge in [0.15, 0.2) is 11.5 Å². The van der Waals surface area contributed by atoms with Crippen molar-refractivity contribution in [2.24, 2.45) is 0 Å². The van der Waals surface area contributed by atoms with Crippen LogP contribution in [-0.4, -0.2) is 26.8 Å². The highest BCUT2D eigenvalue weighted by molar-refractivity contribution is 5.89. The number of ether oxygens (including phenoxy) is 4. The van der Waals surface area contributed by atoms with Gasteiger partial charge in [-0.25, -0.2) is 4.79 Å². The van der Waals surface area contributed by atoms with E-state index in [1.165, 1.54) is 0 Å². The minimum absolute atomic E-state index is 0.164. The van der Waals surface area contributed by atoms with Crippen LogP contribution in [0, 0.1) is 0 Å². The van der Waals surface area contributed by atoms with Crippen LogP contribution in [0.3, 0.4) is 0 Å². The SMILES string of the molecule is CCCOc1ccc(COC(=O)c2cccc(COC)c2)cc1OC. The van der Waals surface area contributed by atoms with E-state index in [-0.39, 0.29) is 12.6 Å². The Balaban J connectivity index is 2.00. The zero-order valence-corrected chi connectivity index (χ0v) is 14.9. The van der Waals surface area contributed by atoms with E-state index < -0.39 is 0 Å². The van der Waals surface area contributed by atoms with Gasteiger partial charge in [-0.1, -0.05) is 25.1 Å². The monoisotopic (exact) mass is 344 g/mol. The minimum Gasteiger partial charge on any atom is -0.493 e. The molecule has 25 heavy (non-hydrogen) atoms. The lowest BCUT2D eigenvalue weighted by Crippen LogP contribution is -2.06. The van der Waals surface area contributed by atoms with Crippen LogP contribution < -0.4 is 9.47 Å². The van der Waals surface area contributed by atoms with Crippen LogP contribution in [0.25, 0.3) is 0 Å². The van der Waals surface area contributed by atoms with E-state index in [0.717, 1.165) is 17.5 Å². The quantitative estimate of drug-likeness (QED) is 0.644. The van der Waals surface area contributed by atoms with Crippen LogP contribution in [0.2, 0.25) is 0 Å². The minimum atomic E-state index is -0.372. The van der Waals surface area contributed by atoms with Crippen LogP contribution in [0.4, 0.5) is 0 Å². The Kier molecular flexibility index (Phi) is 7.29. The lowest BCUT2D eigenvalue weighted by atomic mass is 10.1. The van der Waals surface area contributed by atoms with E-state index in [9.17, 15) is 4.79 Å². The summed E-state index contributed by atoms with van der Waals surface area (Å²) in [5.41, 5.74) is 2.27. The first-order valence-electron chi connectivity index (χ1n) is 8.22. The number of carbonyl (C=O) groups is 1. The molecule has 0 aliphatic carbocycles. The van der Waals surface area contributed by atoms with Gasteiger partial charge in [-0.05, 0) is 41.8 Å². The summed E-state index contributed by atoms with van der Waals surface area (Å²) in [6.45, 7) is 3.29. The van der Waals surface area contributed by atoms with Crippen LogP contribution in [0.15, 0.2) is 42.5 Å². The van der Waals surface area contributed by atoms with Crippen LogP contribution >= 0.6 is 0 Å². The molecule has 0 aliphatic heterocycles. The maximum Gasteiger partial charge on any atom is 0.338 e. The summed E-state index contributed by atoms with van der Waals surface area (Å²) in [7, 11) is 3.21. The largest absolute Gasteiger partial charge is 0.493 e. The van der Waals surface area contributed by atoms with Crippen LogP contribution in [-0.2, 0) is 22.7 Å². The van der Waals surface area contributed by atoms with E-state index in [1.54, 1.807) is 26.4 Å². The summed E-state index contributed by atoms with van der Waals surface area (Å²) >= 11 is 0. The number of hydrogen-bond donors (Lipinski definition) is 0. The smallest absolute Gasteiger partial charge is 0.338 e. The molecule has 0 atom stereocenters. The third kappa shape index (κ3) is 5.50. The van der Waals surface area contributed by atoms with Crippen molar-refractivity contribution in [2.45, 2.75) is 26.6 Å². The van der Waals surface area contributed by atoms with Crippen molar-refractivity contribution >= 4 is 5.97 Å². The van der Waals surface area contributed by atoms with Crippen LogP contribution in [0.5, 0.6) is 11.5 Å². The second kappa shape index (κ2) is 9.69. The van der Waals surface area contributed by atoms with Crippen molar-refractivity contribution in [1.29, 1.82) is 0 Å². The molecule has 0 amide bonds. The van der Waals surface area contributed by atoms with Gasteiger partial charge in [-0.15, -0.1) is 0 Å². The summed E-state index contributed by atoms with van der Waals surface area (Å²) in [5, 5.41) is 0. The molecule has 0 spiro atoms. The molecule has 0 saturated heterocycles. The van der Waals surface area contributed by atoms with Crippen molar-refractivity contribution in [3.63, 3.8) is 0 Å². The van der Waals surface area contributed by atoms with Gasteiger partial charge in [0, 0.05) is 7.11 Å². The molecule has 0 N–H and O–H groups in total. The summed E-state index contributed by atoms with van der Waals surface area (Å²) < 4.78 is 21.4. The van der Waals surface area contributed by atoms with E-state index in [0.29, 0.717) is 30.3 Å². The fraction of sp³-hybridized carbons (Fsp3) is 0.350. The zero-order valence-electron chi connectivity index (χ0n) is 14.9. The molecule has 2 aromatic carbocycles. The maximum atomic E-state index is 12.2. The number of hydrogen-bond acceptors (Lipinski definition) is 5. The fourth-order valence-electron chi connectivity index (χ4n) is 2.32. The van der Waals surface area contributed by atoms with Gasteiger partial charge in [0.05, 0.1) is 25.9 Å². The molecule has 0 aliphatic rings. The Hall–Kier alpha value is -2.53. The van der Waals surface area contributed by atoms with Gasteiger partial charge in [0.1, 0.15) is 6.61 Å². The molecule has 2 aromatic rings. The van der Waals surface area contributed by atoms with Gasteiger partial charge in [-0.3, -0.25) is 0 Å². The van der Waals surface area contributed by atoms with Gasteiger partial charge in [0.2, 0.25) is 0 Å². The van der Waals surface area contributed by atoms with Crippen LogP contribution in [0.1, 0.15) is 34.8 Å². The van der Waals surface area contributed by atoms with Gasteiger partial charge >= 0.3 is 5.97 Å². The number of methoxy groups -OCH3 is 2. The van der Waals surface area contributed by atoms with E-state index >= 15 is 0 Å². The summed E-state index contributed by atoms with van der Waals surface area (Å²) in [4.78, 5) is 12.2. The summed E-state index contributed by atoms with van der Waals surface area (Å²) in [6, 6.07) is 12.7. The van der Waals surface area contributed by atoms with Crippen molar-refractivity contribution in [3.8, 4) is 11.5 Å². The first kappa shape index (κ1) is 18.8. The first-order valence-corrected chi connectivity index (χ1v) is 8.22. The van der Waals surface area contributed by atoms with Gasteiger partial charge < -0.3 is 18.9 Å². The molecular weight excluding hydrogens is 320 g/mol. The number of esters is 1. The molecule has 0 saturated carbocycles. The number of benzene rings is 2. The maximum absolute atomic E-state index is 12.2. The molecule has 134 valence electrons. The zero-order chi connectivity index (χ0) is 18.1. The molecule has 0 aromatic heterocycles. The third-order valence-corrected chi connectivity index (χ3v) is 3.53. The summed E-state index contributed by atoms with van der Waals surface area (Å²) in [5.74, 6) is 0.944. The Morgan fingerprint density at radius 3 is 2.48 bits per heavy atom. The molecular formula is C20H24O5. The molecule has 5 nitrogen and oxygen atoms in total. The molecule has 0 unspecified atom stereocenters. The topological polar surface area (TPSA) is 54.0 Å².